The number of benzene rings is 2. The molecular formula is C21H16IN5O2S. The number of aromatic nitrogens is 5. The molecule has 150 valence electrons. The summed E-state index contributed by atoms with van der Waals surface area (Å²) in [5, 5.41) is 7.54. The van der Waals surface area contributed by atoms with Gasteiger partial charge in [-0.1, -0.05) is 18.2 Å². The Morgan fingerprint density at radius 3 is 2.57 bits per heavy atom. The molecule has 0 saturated heterocycles. The molecule has 5 aromatic rings. The summed E-state index contributed by atoms with van der Waals surface area (Å²) in [7, 11) is -3.69. The second-order valence-corrected chi connectivity index (χ2v) is 10.3. The zero-order valence-electron chi connectivity index (χ0n) is 15.8. The molecule has 2 N–H and O–H groups in total. The van der Waals surface area contributed by atoms with Gasteiger partial charge in [0, 0.05) is 26.9 Å². The lowest BCUT2D eigenvalue weighted by Gasteiger charge is -2.13. The van der Waals surface area contributed by atoms with Crippen LogP contribution in [0.15, 0.2) is 66.1 Å². The molecule has 0 spiro atoms. The van der Waals surface area contributed by atoms with Crippen LogP contribution >= 0.6 is 22.6 Å². The Morgan fingerprint density at radius 1 is 1.03 bits per heavy atom. The largest absolute Gasteiger partial charge is 0.329 e. The monoisotopic (exact) mass is 529 g/mol. The summed E-state index contributed by atoms with van der Waals surface area (Å²) in [5.74, 6) is 0. The van der Waals surface area contributed by atoms with E-state index < -0.39 is 15.1 Å². The Morgan fingerprint density at radius 2 is 1.80 bits per heavy atom. The second kappa shape index (κ2) is 7.17. The molecule has 0 aliphatic heterocycles. The minimum absolute atomic E-state index is 0.0317. The molecule has 3 heterocycles. The average molecular weight is 529 g/mol. The van der Waals surface area contributed by atoms with Crippen molar-refractivity contribution in [2.75, 3.05) is 0 Å². The minimum Gasteiger partial charge on any atom is -0.329 e. The van der Waals surface area contributed by atoms with Gasteiger partial charge in [0.2, 0.25) is 15.0 Å². The molecular weight excluding hydrogens is 513 g/mol. The molecule has 7 nitrogen and oxygen atoms in total. The van der Waals surface area contributed by atoms with Crippen LogP contribution in [0.25, 0.3) is 33.2 Å². The van der Waals surface area contributed by atoms with Crippen molar-refractivity contribution >= 4 is 54.4 Å². The van der Waals surface area contributed by atoms with Crippen LogP contribution in [0.5, 0.6) is 0 Å². The van der Waals surface area contributed by atoms with Crippen LogP contribution in [0.3, 0.4) is 0 Å². The molecule has 2 aromatic carbocycles. The summed E-state index contributed by atoms with van der Waals surface area (Å²) in [6, 6.07) is 14.9. The number of nitrogens with one attached hydrogen (secondary N) is 2. The van der Waals surface area contributed by atoms with Crippen molar-refractivity contribution in [3.05, 3.63) is 70.1 Å². The number of sulfone groups is 1. The first-order chi connectivity index (χ1) is 14.4. The topological polar surface area (TPSA) is 104 Å². The molecule has 0 fully saturated rings. The van der Waals surface area contributed by atoms with Gasteiger partial charge >= 0.3 is 0 Å². The number of pyridine rings is 1. The molecule has 30 heavy (non-hydrogen) atoms. The van der Waals surface area contributed by atoms with Gasteiger partial charge < -0.3 is 4.98 Å². The van der Waals surface area contributed by atoms with Crippen molar-refractivity contribution in [2.24, 2.45) is 0 Å². The molecule has 0 amide bonds. The Hall–Kier alpha value is -2.79. The predicted octanol–water partition coefficient (Wildman–Crippen LogP) is 4.64. The van der Waals surface area contributed by atoms with Gasteiger partial charge in [-0.3, -0.25) is 10.1 Å². The fourth-order valence-corrected chi connectivity index (χ4v) is 5.92. The lowest BCUT2D eigenvalue weighted by atomic mass is 10.1. The number of aromatic amines is 2. The average Bonchev–Trinajstić information content (AvgIpc) is 3.36. The van der Waals surface area contributed by atoms with Gasteiger partial charge in [0.25, 0.3) is 0 Å². The van der Waals surface area contributed by atoms with E-state index in [0.29, 0.717) is 11.0 Å². The fourth-order valence-electron chi connectivity index (χ4n) is 3.50. The molecule has 0 bridgehead atoms. The van der Waals surface area contributed by atoms with E-state index in [4.69, 9.17) is 0 Å². The van der Waals surface area contributed by atoms with Crippen molar-refractivity contribution in [1.29, 1.82) is 0 Å². The summed E-state index contributed by atoms with van der Waals surface area (Å²) < 4.78 is 27.4. The molecule has 1 unspecified atom stereocenters. The third-order valence-corrected chi connectivity index (χ3v) is 8.07. The van der Waals surface area contributed by atoms with Crippen molar-refractivity contribution in [3.63, 3.8) is 0 Å². The van der Waals surface area contributed by atoms with E-state index in [-0.39, 0.29) is 5.16 Å². The maximum atomic E-state index is 13.3. The predicted molar refractivity (Wildman–Crippen MR) is 124 cm³/mol. The first kappa shape index (κ1) is 19.2. The Bertz CT molecular complexity index is 1490. The van der Waals surface area contributed by atoms with Gasteiger partial charge in [-0.05, 0) is 65.4 Å². The van der Waals surface area contributed by atoms with Crippen LogP contribution in [0.4, 0.5) is 0 Å². The normalized spacial score (nSPS) is 13.1. The van der Waals surface area contributed by atoms with E-state index in [1.165, 1.54) is 0 Å². The van der Waals surface area contributed by atoms with Crippen molar-refractivity contribution in [1.82, 2.24) is 25.1 Å². The number of H-pyrrole nitrogens is 2. The van der Waals surface area contributed by atoms with Gasteiger partial charge in [0.1, 0.15) is 5.69 Å². The van der Waals surface area contributed by atoms with Crippen LogP contribution in [-0.2, 0) is 9.84 Å². The first-order valence-electron chi connectivity index (χ1n) is 9.22. The number of halogens is 1. The summed E-state index contributed by atoms with van der Waals surface area (Å²) in [5.41, 5.74) is 4.47. The molecule has 0 saturated carbocycles. The van der Waals surface area contributed by atoms with Gasteiger partial charge in [0.15, 0.2) is 0 Å². The minimum atomic E-state index is -3.69. The van der Waals surface area contributed by atoms with Crippen molar-refractivity contribution < 1.29 is 8.42 Å². The first-order valence-corrected chi connectivity index (χ1v) is 11.8. The third-order valence-electron chi connectivity index (χ3n) is 5.17. The highest BCUT2D eigenvalue weighted by molar-refractivity contribution is 14.1. The smallest absolute Gasteiger partial charge is 0.226 e. The van der Waals surface area contributed by atoms with Crippen molar-refractivity contribution in [3.8, 4) is 11.3 Å². The molecule has 3 aromatic heterocycles. The molecule has 5 rings (SSSR count). The number of fused-ring (bicyclic) bond motifs is 2. The lowest BCUT2D eigenvalue weighted by molar-refractivity contribution is 0.579. The van der Waals surface area contributed by atoms with Crippen LogP contribution in [-0.4, -0.2) is 33.6 Å². The summed E-state index contributed by atoms with van der Waals surface area (Å²) >= 11 is 2.16. The van der Waals surface area contributed by atoms with Gasteiger partial charge in [-0.25, -0.2) is 13.4 Å². The van der Waals surface area contributed by atoms with E-state index in [2.05, 4.69) is 47.7 Å². The lowest BCUT2D eigenvalue weighted by Crippen LogP contribution is -2.13. The zero-order chi connectivity index (χ0) is 20.9. The quantitative estimate of drug-likeness (QED) is 0.330. The molecule has 1 atom stereocenters. The molecule has 0 radical (unpaired) electrons. The van der Waals surface area contributed by atoms with Crippen LogP contribution in [0.1, 0.15) is 17.7 Å². The second-order valence-electron chi connectivity index (χ2n) is 6.97. The fraction of sp³-hybridized carbons (Fsp3) is 0.0952. The number of rotatable bonds is 4. The molecule has 0 aliphatic rings. The Labute approximate surface area is 186 Å². The summed E-state index contributed by atoms with van der Waals surface area (Å²) in [6.45, 7) is 1.69. The number of hydrogen-bond donors (Lipinski definition) is 2. The van der Waals surface area contributed by atoms with Crippen LogP contribution < -0.4 is 0 Å². The van der Waals surface area contributed by atoms with E-state index in [1.807, 2.05) is 48.5 Å². The van der Waals surface area contributed by atoms with Gasteiger partial charge in [-0.15, -0.1) is 0 Å². The van der Waals surface area contributed by atoms with Crippen LogP contribution in [0, 0.1) is 3.57 Å². The van der Waals surface area contributed by atoms with Crippen LogP contribution in [0.2, 0.25) is 0 Å². The maximum Gasteiger partial charge on any atom is 0.226 e. The van der Waals surface area contributed by atoms with E-state index in [1.54, 1.807) is 19.3 Å². The highest BCUT2D eigenvalue weighted by Crippen LogP contribution is 2.33. The highest BCUT2D eigenvalue weighted by atomic mass is 127. The summed E-state index contributed by atoms with van der Waals surface area (Å²) in [4.78, 5) is 11.5. The Kier molecular flexibility index (Phi) is 4.58. The van der Waals surface area contributed by atoms with Crippen molar-refractivity contribution in [2.45, 2.75) is 17.3 Å². The molecule has 0 aliphatic carbocycles. The third kappa shape index (κ3) is 3.08. The van der Waals surface area contributed by atoms with Gasteiger partial charge in [-0.2, -0.15) is 5.10 Å². The van der Waals surface area contributed by atoms with E-state index in [9.17, 15) is 8.42 Å². The zero-order valence-corrected chi connectivity index (χ0v) is 18.8. The van der Waals surface area contributed by atoms with E-state index in [0.717, 1.165) is 31.3 Å². The number of nitrogens with zero attached hydrogens (tertiary/aromatic N) is 3. The standard InChI is InChI=1S/C21H16IN5O2S/c1-12(14-4-2-3-5-16(14)22)30(28,29)21-24-18-10-15-17(11-19(18)25-21)26-27-20(15)13-6-8-23-9-7-13/h2-12H,1H3,(H,24,25)(H,26,27). The highest BCUT2D eigenvalue weighted by Gasteiger charge is 2.29. The summed E-state index contributed by atoms with van der Waals surface area (Å²) in [6.07, 6.45) is 3.42. The van der Waals surface area contributed by atoms with Gasteiger partial charge in [0.05, 0.1) is 21.8 Å². The number of imidazole rings is 1. The number of hydrogen-bond acceptors (Lipinski definition) is 5. The maximum absolute atomic E-state index is 13.3. The SMILES string of the molecule is CC(c1ccccc1I)S(=O)(=O)c1nc2cc3c(-c4ccncc4)n[nH]c3cc2[nH]1. The Balaban J connectivity index is 1.62. The molecule has 9 heteroatoms. The van der Waals surface area contributed by atoms with E-state index >= 15 is 0 Å².